The topological polar surface area (TPSA) is 46.8 Å². The van der Waals surface area contributed by atoms with Crippen LogP contribution in [-0.2, 0) is 11.4 Å². The molecule has 6 heteroatoms. The quantitative estimate of drug-likeness (QED) is 0.388. The van der Waals surface area contributed by atoms with Crippen LogP contribution in [0.2, 0.25) is 0 Å². The number of thiophene rings is 1. The maximum atomic E-state index is 12.7. The third-order valence-corrected chi connectivity index (χ3v) is 6.48. The second-order valence-corrected chi connectivity index (χ2v) is 8.57. The maximum Gasteiger partial charge on any atom is 0.247 e. The summed E-state index contributed by atoms with van der Waals surface area (Å²) >= 11 is 1.72. The van der Waals surface area contributed by atoms with E-state index in [9.17, 15) is 4.79 Å². The number of likely N-dealkylation sites (tertiary alicyclic amines) is 1. The summed E-state index contributed by atoms with van der Waals surface area (Å²) in [5.74, 6) is 0.848. The van der Waals surface area contributed by atoms with Gasteiger partial charge in [-0.15, -0.1) is 11.3 Å². The van der Waals surface area contributed by atoms with E-state index in [2.05, 4.69) is 22.5 Å². The Kier molecular flexibility index (Phi) is 5.54. The number of benzene rings is 1. The molecular weight excluding hydrogens is 406 g/mol. The van der Waals surface area contributed by atoms with Crippen molar-refractivity contribution in [1.29, 1.82) is 0 Å². The zero-order valence-electron chi connectivity index (χ0n) is 17.1. The van der Waals surface area contributed by atoms with E-state index in [0.29, 0.717) is 6.61 Å². The fraction of sp³-hybridized carbons (Fsp3) is 0.200. The molecule has 1 aliphatic rings. The average Bonchev–Trinajstić information content (AvgIpc) is 3.56. The van der Waals surface area contributed by atoms with Gasteiger partial charge in [0.2, 0.25) is 5.91 Å². The predicted molar refractivity (Wildman–Crippen MR) is 123 cm³/mol. The number of carbonyl (C=O) groups is 1. The van der Waals surface area contributed by atoms with E-state index in [-0.39, 0.29) is 11.9 Å². The van der Waals surface area contributed by atoms with Crippen molar-refractivity contribution in [3.05, 3.63) is 94.6 Å². The van der Waals surface area contributed by atoms with E-state index < -0.39 is 0 Å². The predicted octanol–water partition coefficient (Wildman–Crippen LogP) is 5.35. The van der Waals surface area contributed by atoms with Gasteiger partial charge < -0.3 is 14.0 Å². The molecule has 1 atom stereocenters. The lowest BCUT2D eigenvalue weighted by atomic mass is 10.1. The number of carbonyl (C=O) groups excluding carboxylic acids is 1. The molecule has 1 unspecified atom stereocenters. The Morgan fingerprint density at radius 1 is 1.16 bits per heavy atom. The minimum absolute atomic E-state index is 0.0723. The van der Waals surface area contributed by atoms with Gasteiger partial charge in [-0.2, -0.15) is 0 Å². The van der Waals surface area contributed by atoms with Crippen LogP contribution in [0, 0.1) is 0 Å². The fourth-order valence-corrected chi connectivity index (χ4v) is 4.83. The van der Waals surface area contributed by atoms with Gasteiger partial charge in [0.1, 0.15) is 18.0 Å². The molecule has 0 N–H and O–H groups in total. The number of hydrogen-bond donors (Lipinski definition) is 0. The van der Waals surface area contributed by atoms with Gasteiger partial charge in [0, 0.05) is 29.9 Å². The van der Waals surface area contributed by atoms with Gasteiger partial charge >= 0.3 is 0 Å². The normalized spacial score (nSPS) is 16.4. The third-order valence-electron chi connectivity index (χ3n) is 5.51. The van der Waals surface area contributed by atoms with E-state index in [1.807, 2.05) is 70.2 Å². The molecule has 0 spiro atoms. The van der Waals surface area contributed by atoms with Crippen LogP contribution in [0.3, 0.4) is 0 Å². The molecule has 4 aromatic rings. The number of rotatable bonds is 6. The Bertz CT molecular complexity index is 1160. The number of nitrogens with zero attached hydrogens (tertiary/aromatic N) is 3. The Morgan fingerprint density at radius 3 is 2.87 bits per heavy atom. The summed E-state index contributed by atoms with van der Waals surface area (Å²) in [5, 5.41) is 2.07. The summed E-state index contributed by atoms with van der Waals surface area (Å²) in [6.45, 7) is 1.23. The number of pyridine rings is 1. The average molecular weight is 430 g/mol. The molecule has 5 rings (SSSR count). The molecule has 156 valence electrons. The van der Waals surface area contributed by atoms with E-state index in [1.54, 1.807) is 17.4 Å². The number of aromatic nitrogens is 2. The molecule has 31 heavy (non-hydrogen) atoms. The van der Waals surface area contributed by atoms with Crippen LogP contribution >= 0.6 is 11.3 Å². The van der Waals surface area contributed by atoms with Crippen LogP contribution in [0.25, 0.3) is 11.7 Å². The maximum absolute atomic E-state index is 12.7. The van der Waals surface area contributed by atoms with Crippen molar-refractivity contribution >= 4 is 29.0 Å². The standard InChI is InChI=1S/C25H23N3O2S/c29-25(28-15-3-5-22(28)23-6-4-16-31-23)13-10-19-8-11-21(12-9-19)30-18-20-17-27-14-2-1-7-24(27)26-20/h1-2,4,6-14,16-17,22H,3,5,15,18H2. The summed E-state index contributed by atoms with van der Waals surface area (Å²) in [6.07, 6.45) is 9.59. The SMILES string of the molecule is O=C(C=Cc1ccc(OCc2cn3ccccc3n2)cc1)N1CCCC1c1cccs1. The van der Waals surface area contributed by atoms with Crippen molar-refractivity contribution in [1.82, 2.24) is 14.3 Å². The van der Waals surface area contributed by atoms with Crippen molar-refractivity contribution in [3.63, 3.8) is 0 Å². The highest BCUT2D eigenvalue weighted by Crippen LogP contribution is 2.34. The molecule has 0 aliphatic carbocycles. The molecular formula is C25H23N3O2S. The van der Waals surface area contributed by atoms with Gasteiger partial charge in [-0.1, -0.05) is 24.3 Å². The van der Waals surface area contributed by atoms with Crippen molar-refractivity contribution in [3.8, 4) is 5.75 Å². The summed E-state index contributed by atoms with van der Waals surface area (Å²) in [4.78, 5) is 20.5. The Morgan fingerprint density at radius 2 is 2.06 bits per heavy atom. The van der Waals surface area contributed by atoms with Gasteiger partial charge in [0.05, 0.1) is 11.7 Å². The highest BCUT2D eigenvalue weighted by atomic mass is 32.1. The molecule has 0 radical (unpaired) electrons. The Balaban J connectivity index is 1.19. The molecule has 1 amide bonds. The third kappa shape index (κ3) is 4.39. The summed E-state index contributed by atoms with van der Waals surface area (Å²) in [6, 6.07) is 18.1. The smallest absolute Gasteiger partial charge is 0.247 e. The molecule has 1 fully saturated rings. The van der Waals surface area contributed by atoms with Crippen molar-refractivity contribution < 1.29 is 9.53 Å². The molecule has 1 aromatic carbocycles. The number of imidazole rings is 1. The van der Waals surface area contributed by atoms with Gasteiger partial charge in [-0.05, 0) is 60.2 Å². The highest BCUT2D eigenvalue weighted by molar-refractivity contribution is 7.10. The number of hydrogen-bond acceptors (Lipinski definition) is 4. The van der Waals surface area contributed by atoms with E-state index in [0.717, 1.165) is 42.0 Å². The lowest BCUT2D eigenvalue weighted by Gasteiger charge is -2.22. The van der Waals surface area contributed by atoms with Crippen LogP contribution in [0.4, 0.5) is 0 Å². The molecule has 4 heterocycles. The number of fused-ring (bicyclic) bond motifs is 1. The summed E-state index contributed by atoms with van der Waals surface area (Å²) in [7, 11) is 0. The summed E-state index contributed by atoms with van der Waals surface area (Å²) in [5.41, 5.74) is 2.76. The minimum Gasteiger partial charge on any atom is -0.487 e. The zero-order valence-corrected chi connectivity index (χ0v) is 17.9. The first-order valence-electron chi connectivity index (χ1n) is 10.4. The van der Waals surface area contributed by atoms with Crippen LogP contribution in [0.1, 0.15) is 35.0 Å². The van der Waals surface area contributed by atoms with E-state index >= 15 is 0 Å². The Hall–Kier alpha value is -3.38. The van der Waals surface area contributed by atoms with Crippen molar-refractivity contribution in [2.75, 3.05) is 6.54 Å². The number of ether oxygens (including phenoxy) is 1. The second-order valence-electron chi connectivity index (χ2n) is 7.59. The molecule has 1 saturated heterocycles. The Labute approximate surface area is 185 Å². The van der Waals surface area contributed by atoms with Gasteiger partial charge in [0.25, 0.3) is 0 Å². The fourth-order valence-electron chi connectivity index (χ4n) is 3.96. The summed E-state index contributed by atoms with van der Waals surface area (Å²) < 4.78 is 7.84. The van der Waals surface area contributed by atoms with Crippen LogP contribution in [0.5, 0.6) is 5.75 Å². The molecule has 5 nitrogen and oxygen atoms in total. The van der Waals surface area contributed by atoms with Gasteiger partial charge in [-0.25, -0.2) is 4.98 Å². The monoisotopic (exact) mass is 429 g/mol. The largest absolute Gasteiger partial charge is 0.487 e. The van der Waals surface area contributed by atoms with Gasteiger partial charge in [0.15, 0.2) is 0 Å². The second kappa shape index (κ2) is 8.78. The first-order chi connectivity index (χ1) is 15.3. The van der Waals surface area contributed by atoms with Crippen molar-refractivity contribution in [2.24, 2.45) is 0 Å². The molecule has 1 aliphatic heterocycles. The number of amides is 1. The van der Waals surface area contributed by atoms with Crippen LogP contribution in [0.15, 0.2) is 78.4 Å². The first kappa shape index (κ1) is 19.6. The first-order valence-corrected chi connectivity index (χ1v) is 11.3. The van der Waals surface area contributed by atoms with E-state index in [1.165, 1.54) is 4.88 Å². The van der Waals surface area contributed by atoms with Gasteiger partial charge in [-0.3, -0.25) is 4.79 Å². The van der Waals surface area contributed by atoms with Crippen LogP contribution in [-0.4, -0.2) is 26.7 Å². The zero-order chi connectivity index (χ0) is 21.0. The lowest BCUT2D eigenvalue weighted by molar-refractivity contribution is -0.126. The minimum atomic E-state index is 0.0723. The van der Waals surface area contributed by atoms with Crippen LogP contribution < -0.4 is 4.74 Å². The molecule has 0 saturated carbocycles. The molecule has 0 bridgehead atoms. The lowest BCUT2D eigenvalue weighted by Crippen LogP contribution is -2.28. The van der Waals surface area contributed by atoms with E-state index in [4.69, 9.17) is 4.74 Å². The molecule has 3 aromatic heterocycles. The highest BCUT2D eigenvalue weighted by Gasteiger charge is 2.29. The van der Waals surface area contributed by atoms with Crippen molar-refractivity contribution in [2.45, 2.75) is 25.5 Å².